The van der Waals surface area contributed by atoms with Gasteiger partial charge in [0.25, 0.3) is 0 Å². The molecule has 1 aromatic carbocycles. The maximum absolute atomic E-state index is 12.8. The van der Waals surface area contributed by atoms with E-state index in [4.69, 9.17) is 16.9 Å². The summed E-state index contributed by atoms with van der Waals surface area (Å²) in [7, 11) is 0. The molecule has 2 rings (SSSR count). The molecule has 0 aliphatic carbocycles. The zero-order valence-corrected chi connectivity index (χ0v) is 9.47. The molecule has 1 N–H and O–H groups in total. The molecule has 0 radical (unpaired) electrons. The molecule has 18 heavy (non-hydrogen) atoms. The third-order valence-corrected chi connectivity index (χ3v) is 2.57. The average molecular weight is 272 g/mol. The number of aromatic nitrogens is 2. The largest absolute Gasteiger partial charge is 0.417 e. The van der Waals surface area contributed by atoms with E-state index >= 15 is 0 Å². The molecule has 0 unspecified atom stereocenters. The van der Waals surface area contributed by atoms with Crippen LogP contribution in [0.25, 0.3) is 11.4 Å². The molecule has 0 aliphatic rings. The van der Waals surface area contributed by atoms with Crippen LogP contribution in [0.3, 0.4) is 0 Å². The zero-order chi connectivity index (χ0) is 13.3. The predicted octanol–water partition coefficient (Wildman–Crippen LogP) is 3.62. The number of aromatic amines is 1. The Kier molecular flexibility index (Phi) is 3.01. The molecule has 0 atom stereocenters. The van der Waals surface area contributed by atoms with Crippen LogP contribution in [0, 0.1) is 11.3 Å². The van der Waals surface area contributed by atoms with Crippen LogP contribution in [0.1, 0.15) is 11.3 Å². The van der Waals surface area contributed by atoms with Gasteiger partial charge < -0.3 is 4.98 Å². The lowest BCUT2D eigenvalue weighted by atomic mass is 10.1. The third-order valence-electron chi connectivity index (χ3n) is 2.25. The maximum atomic E-state index is 12.8. The van der Waals surface area contributed by atoms with Gasteiger partial charge in [-0.25, -0.2) is 4.98 Å². The molecule has 0 fully saturated rings. The first-order chi connectivity index (χ1) is 8.43. The molecule has 7 heteroatoms. The molecule has 0 bridgehead atoms. The van der Waals surface area contributed by atoms with E-state index in [-0.39, 0.29) is 22.1 Å². The van der Waals surface area contributed by atoms with Crippen molar-refractivity contribution >= 4 is 11.6 Å². The molecule has 0 saturated carbocycles. The van der Waals surface area contributed by atoms with Gasteiger partial charge in [0, 0.05) is 5.56 Å². The summed E-state index contributed by atoms with van der Waals surface area (Å²) in [5.74, 6) is -0.0792. The lowest BCUT2D eigenvalue weighted by Crippen LogP contribution is -2.07. The van der Waals surface area contributed by atoms with Crippen LogP contribution < -0.4 is 0 Å². The van der Waals surface area contributed by atoms with Gasteiger partial charge in [-0.2, -0.15) is 18.4 Å². The zero-order valence-electron chi connectivity index (χ0n) is 8.72. The van der Waals surface area contributed by atoms with E-state index in [0.717, 1.165) is 12.3 Å². The number of halogens is 4. The minimum absolute atomic E-state index is 0.0676. The maximum Gasteiger partial charge on any atom is 0.417 e. The minimum Gasteiger partial charge on any atom is -0.330 e. The van der Waals surface area contributed by atoms with E-state index in [1.807, 2.05) is 0 Å². The fourth-order valence-corrected chi connectivity index (χ4v) is 1.77. The molecule has 92 valence electrons. The standard InChI is InChI=1S/C11H5ClF3N3/c12-8-3-1-2-7(11(13,14)15)9(8)10-17-5-6(4-16)18-10/h1-3,5H,(H,17,18). The Labute approximate surface area is 105 Å². The van der Waals surface area contributed by atoms with Gasteiger partial charge in [-0.1, -0.05) is 17.7 Å². The number of benzene rings is 1. The molecule has 3 nitrogen and oxygen atoms in total. The highest BCUT2D eigenvalue weighted by Gasteiger charge is 2.35. The lowest BCUT2D eigenvalue weighted by Gasteiger charge is -2.12. The van der Waals surface area contributed by atoms with Crippen LogP contribution in [0.2, 0.25) is 5.02 Å². The minimum atomic E-state index is -4.54. The van der Waals surface area contributed by atoms with E-state index in [9.17, 15) is 13.2 Å². The first kappa shape index (κ1) is 12.5. The second-order valence-corrected chi connectivity index (χ2v) is 3.82. The van der Waals surface area contributed by atoms with E-state index < -0.39 is 11.7 Å². The molecule has 0 spiro atoms. The number of H-pyrrole nitrogens is 1. The summed E-state index contributed by atoms with van der Waals surface area (Å²) in [6, 6.07) is 5.21. The molecular weight excluding hydrogens is 267 g/mol. The van der Waals surface area contributed by atoms with E-state index in [0.29, 0.717) is 0 Å². The quantitative estimate of drug-likeness (QED) is 0.861. The second-order valence-electron chi connectivity index (χ2n) is 3.42. The van der Waals surface area contributed by atoms with Gasteiger partial charge in [0.1, 0.15) is 17.6 Å². The summed E-state index contributed by atoms with van der Waals surface area (Å²) in [5, 5.41) is 8.54. The van der Waals surface area contributed by atoms with E-state index in [1.165, 1.54) is 12.1 Å². The fraction of sp³-hybridized carbons (Fsp3) is 0.0909. The van der Waals surface area contributed by atoms with E-state index in [1.54, 1.807) is 6.07 Å². The Bertz CT molecular complexity index is 625. The van der Waals surface area contributed by atoms with Gasteiger partial charge in [-0.15, -0.1) is 0 Å². The Hall–Kier alpha value is -2.00. The fourth-order valence-electron chi connectivity index (χ4n) is 1.51. The van der Waals surface area contributed by atoms with Crippen molar-refractivity contribution in [3.8, 4) is 17.5 Å². The van der Waals surface area contributed by atoms with Crippen molar-refractivity contribution in [2.75, 3.05) is 0 Å². The number of alkyl halides is 3. The van der Waals surface area contributed by atoms with Crippen LogP contribution in [0.4, 0.5) is 13.2 Å². The first-order valence-corrected chi connectivity index (χ1v) is 5.12. The number of nitrogens with one attached hydrogen (secondary N) is 1. The predicted molar refractivity (Wildman–Crippen MR) is 58.8 cm³/mol. The monoisotopic (exact) mass is 271 g/mol. The Balaban J connectivity index is 2.67. The van der Waals surface area contributed by atoms with Crippen molar-refractivity contribution in [3.63, 3.8) is 0 Å². The van der Waals surface area contributed by atoms with Crippen LogP contribution in [0.5, 0.6) is 0 Å². The first-order valence-electron chi connectivity index (χ1n) is 4.74. The molecule has 0 amide bonds. The SMILES string of the molecule is N#Cc1cnc(-c2c(Cl)cccc2C(F)(F)F)[nH]1. The highest BCUT2D eigenvalue weighted by atomic mass is 35.5. The van der Waals surface area contributed by atoms with Crippen LogP contribution in [-0.4, -0.2) is 9.97 Å². The average Bonchev–Trinajstić information content (AvgIpc) is 2.75. The smallest absolute Gasteiger partial charge is 0.330 e. The van der Waals surface area contributed by atoms with Gasteiger partial charge in [0.15, 0.2) is 0 Å². The van der Waals surface area contributed by atoms with Gasteiger partial charge in [0.05, 0.1) is 16.8 Å². The Morgan fingerprint density at radius 1 is 1.33 bits per heavy atom. The van der Waals surface area contributed by atoms with Crippen molar-refractivity contribution < 1.29 is 13.2 Å². The number of nitrogens with zero attached hydrogens (tertiary/aromatic N) is 2. The summed E-state index contributed by atoms with van der Waals surface area (Å²) in [5.41, 5.74) is -1.08. The highest BCUT2D eigenvalue weighted by Crippen LogP contribution is 2.39. The summed E-state index contributed by atoms with van der Waals surface area (Å²) < 4.78 is 38.5. The number of nitriles is 1. The van der Waals surface area contributed by atoms with Crippen molar-refractivity contribution in [1.82, 2.24) is 9.97 Å². The number of rotatable bonds is 1. The topological polar surface area (TPSA) is 52.5 Å². The van der Waals surface area contributed by atoms with Crippen molar-refractivity contribution in [2.24, 2.45) is 0 Å². The molecule has 0 aliphatic heterocycles. The summed E-state index contributed by atoms with van der Waals surface area (Å²) in [4.78, 5) is 6.21. The Morgan fingerprint density at radius 3 is 2.61 bits per heavy atom. The van der Waals surface area contributed by atoms with Crippen molar-refractivity contribution in [1.29, 1.82) is 5.26 Å². The third kappa shape index (κ3) is 2.17. The molecule has 0 saturated heterocycles. The van der Waals surface area contributed by atoms with Gasteiger partial charge in [0.2, 0.25) is 0 Å². The lowest BCUT2D eigenvalue weighted by molar-refractivity contribution is -0.137. The number of hydrogen-bond acceptors (Lipinski definition) is 2. The van der Waals surface area contributed by atoms with Crippen LogP contribution in [-0.2, 0) is 6.18 Å². The second kappa shape index (κ2) is 4.35. The molecular formula is C11H5ClF3N3. The summed E-state index contributed by atoms with van der Waals surface area (Å²) in [6.45, 7) is 0. The van der Waals surface area contributed by atoms with Crippen molar-refractivity contribution in [3.05, 3.63) is 40.7 Å². The molecule has 2 aromatic rings. The van der Waals surface area contributed by atoms with Gasteiger partial charge >= 0.3 is 6.18 Å². The van der Waals surface area contributed by atoms with Crippen molar-refractivity contribution in [2.45, 2.75) is 6.18 Å². The van der Waals surface area contributed by atoms with Crippen LogP contribution in [0.15, 0.2) is 24.4 Å². The summed E-state index contributed by atoms with van der Waals surface area (Å²) >= 11 is 5.78. The van der Waals surface area contributed by atoms with Gasteiger partial charge in [-0.3, -0.25) is 0 Å². The Morgan fingerprint density at radius 2 is 2.06 bits per heavy atom. The molecule has 1 aromatic heterocycles. The van der Waals surface area contributed by atoms with Crippen LogP contribution >= 0.6 is 11.6 Å². The summed E-state index contributed by atoms with van der Waals surface area (Å²) in [6.07, 6.45) is -3.39. The molecule has 1 heterocycles. The highest BCUT2D eigenvalue weighted by molar-refractivity contribution is 6.33. The normalized spacial score (nSPS) is 11.3. The number of imidazole rings is 1. The number of hydrogen-bond donors (Lipinski definition) is 1. The van der Waals surface area contributed by atoms with Gasteiger partial charge in [-0.05, 0) is 12.1 Å². The van der Waals surface area contributed by atoms with E-state index in [2.05, 4.69) is 9.97 Å².